The number of benzene rings is 3. The van der Waals surface area contributed by atoms with Gasteiger partial charge < -0.3 is 8.83 Å². The van der Waals surface area contributed by atoms with Crippen LogP contribution in [-0.2, 0) is 6.42 Å². The Morgan fingerprint density at radius 2 is 1.52 bits per heavy atom. The molecule has 3 aromatic carbocycles. The van der Waals surface area contributed by atoms with E-state index in [-0.39, 0.29) is 5.63 Å². The van der Waals surface area contributed by atoms with Crippen molar-refractivity contribution >= 4 is 21.9 Å². The zero-order valence-corrected chi connectivity index (χ0v) is 16.4. The lowest BCUT2D eigenvalue weighted by atomic mass is 9.96. The molecule has 0 amide bonds. The third-order valence-electron chi connectivity index (χ3n) is 5.51. The normalized spacial score (nSPS) is 11.4. The van der Waals surface area contributed by atoms with Crippen LogP contribution >= 0.6 is 0 Å². The molecule has 0 atom stereocenters. The summed E-state index contributed by atoms with van der Waals surface area (Å²) in [6, 6.07) is 22.4. The van der Waals surface area contributed by atoms with E-state index < -0.39 is 0 Å². The highest BCUT2D eigenvalue weighted by molar-refractivity contribution is 6.10. The van der Waals surface area contributed by atoms with E-state index in [1.54, 1.807) is 12.3 Å². The summed E-state index contributed by atoms with van der Waals surface area (Å²) in [7, 11) is 0. The summed E-state index contributed by atoms with van der Waals surface area (Å²) in [5, 5.41) is 1.95. The number of fused-ring (bicyclic) bond motifs is 3. The Hall–Kier alpha value is -3.59. The van der Waals surface area contributed by atoms with Crippen molar-refractivity contribution in [3.63, 3.8) is 0 Å². The zero-order valence-electron chi connectivity index (χ0n) is 16.4. The maximum Gasteiger partial charge on any atom is 0.336 e. The van der Waals surface area contributed by atoms with E-state index in [1.165, 1.54) is 11.1 Å². The second-order valence-corrected chi connectivity index (χ2v) is 7.31. The van der Waals surface area contributed by atoms with Gasteiger partial charge in [-0.15, -0.1) is 0 Å². The second-order valence-electron chi connectivity index (χ2n) is 7.31. The molecule has 2 aromatic heterocycles. The molecule has 0 aliphatic carbocycles. The highest BCUT2D eigenvalue weighted by Crippen LogP contribution is 2.38. The quantitative estimate of drug-likeness (QED) is 0.325. The molecule has 5 rings (SSSR count). The van der Waals surface area contributed by atoms with E-state index in [1.807, 2.05) is 38.1 Å². The van der Waals surface area contributed by atoms with Gasteiger partial charge in [-0.05, 0) is 47.2 Å². The fourth-order valence-corrected chi connectivity index (χ4v) is 4.09. The molecule has 3 nitrogen and oxygen atoms in total. The van der Waals surface area contributed by atoms with Crippen LogP contribution in [0.15, 0.2) is 86.6 Å². The largest absolute Gasteiger partial charge is 0.463 e. The van der Waals surface area contributed by atoms with Gasteiger partial charge in [-0.1, -0.05) is 61.5 Å². The van der Waals surface area contributed by atoms with Gasteiger partial charge in [-0.25, -0.2) is 4.79 Å². The molecule has 3 heteroatoms. The van der Waals surface area contributed by atoms with Crippen LogP contribution in [-0.4, -0.2) is 0 Å². The number of aryl methyl sites for hydroxylation is 2. The summed E-state index contributed by atoms with van der Waals surface area (Å²) in [5.41, 5.74) is 7.54. The van der Waals surface area contributed by atoms with E-state index >= 15 is 0 Å². The van der Waals surface area contributed by atoms with E-state index in [4.69, 9.17) is 8.83 Å². The van der Waals surface area contributed by atoms with Crippen molar-refractivity contribution in [1.29, 1.82) is 0 Å². The predicted octanol–water partition coefficient (Wildman–Crippen LogP) is 6.74. The molecule has 0 fully saturated rings. The summed E-state index contributed by atoms with van der Waals surface area (Å²) >= 11 is 0. The van der Waals surface area contributed by atoms with Crippen molar-refractivity contribution in [1.82, 2.24) is 0 Å². The van der Waals surface area contributed by atoms with Gasteiger partial charge in [0, 0.05) is 17.0 Å². The van der Waals surface area contributed by atoms with Crippen LogP contribution < -0.4 is 5.63 Å². The van der Waals surface area contributed by atoms with Crippen molar-refractivity contribution < 1.29 is 8.83 Å². The SMILES string of the molecule is CCc1cc(=O)oc2cc(C)c3c(-c4ccc(-c5ccccc5)cc4)coc3c12. The Morgan fingerprint density at radius 1 is 0.828 bits per heavy atom. The summed E-state index contributed by atoms with van der Waals surface area (Å²) in [4.78, 5) is 11.9. The number of hydrogen-bond donors (Lipinski definition) is 0. The van der Waals surface area contributed by atoms with Gasteiger partial charge in [-0.3, -0.25) is 0 Å². The number of hydrogen-bond acceptors (Lipinski definition) is 3. The van der Waals surface area contributed by atoms with Crippen molar-refractivity contribution in [2.45, 2.75) is 20.3 Å². The Bertz CT molecular complexity index is 1390. The molecule has 29 heavy (non-hydrogen) atoms. The Balaban J connectivity index is 1.70. The lowest BCUT2D eigenvalue weighted by molar-refractivity contribution is 0.557. The van der Waals surface area contributed by atoms with Crippen LogP contribution in [0.25, 0.3) is 44.2 Å². The molecule has 0 aliphatic rings. The highest BCUT2D eigenvalue weighted by Gasteiger charge is 2.17. The topological polar surface area (TPSA) is 43.4 Å². The molecule has 0 saturated heterocycles. The van der Waals surface area contributed by atoms with Gasteiger partial charge in [0.2, 0.25) is 0 Å². The van der Waals surface area contributed by atoms with Gasteiger partial charge in [0.25, 0.3) is 0 Å². The Labute approximate surface area is 168 Å². The van der Waals surface area contributed by atoms with Crippen LogP contribution in [0.4, 0.5) is 0 Å². The second kappa shape index (κ2) is 6.78. The van der Waals surface area contributed by atoms with E-state index in [9.17, 15) is 4.79 Å². The van der Waals surface area contributed by atoms with Gasteiger partial charge in [0.05, 0.1) is 11.6 Å². The molecule has 0 unspecified atom stereocenters. The zero-order chi connectivity index (χ0) is 20.0. The molecule has 0 N–H and O–H groups in total. The fourth-order valence-electron chi connectivity index (χ4n) is 4.09. The van der Waals surface area contributed by atoms with Gasteiger partial charge >= 0.3 is 5.63 Å². The average Bonchev–Trinajstić information content (AvgIpc) is 3.19. The standard InChI is InChI=1S/C26H20O3/c1-3-17-14-23(27)29-22-13-16(2)24-21(15-28-26(24)25(17)22)20-11-9-19(10-12-20)18-7-5-4-6-8-18/h4-15H,3H2,1-2H3. The van der Waals surface area contributed by atoms with Crippen molar-refractivity contribution in [2.24, 2.45) is 0 Å². The summed E-state index contributed by atoms with van der Waals surface area (Å²) in [5.74, 6) is 0. The molecule has 0 spiro atoms. The van der Waals surface area contributed by atoms with Crippen LogP contribution in [0, 0.1) is 6.92 Å². The molecule has 0 aliphatic heterocycles. The van der Waals surface area contributed by atoms with Crippen LogP contribution in [0.5, 0.6) is 0 Å². The summed E-state index contributed by atoms with van der Waals surface area (Å²) < 4.78 is 11.5. The molecule has 0 saturated carbocycles. The molecule has 2 heterocycles. The molecule has 0 radical (unpaired) electrons. The smallest absolute Gasteiger partial charge is 0.336 e. The average molecular weight is 380 g/mol. The van der Waals surface area contributed by atoms with Crippen LogP contribution in [0.2, 0.25) is 0 Å². The Morgan fingerprint density at radius 3 is 2.24 bits per heavy atom. The van der Waals surface area contributed by atoms with Gasteiger partial charge in [0.15, 0.2) is 0 Å². The molecule has 5 aromatic rings. The monoisotopic (exact) mass is 380 g/mol. The van der Waals surface area contributed by atoms with Crippen LogP contribution in [0.1, 0.15) is 18.1 Å². The van der Waals surface area contributed by atoms with Gasteiger partial charge in [0.1, 0.15) is 11.2 Å². The summed E-state index contributed by atoms with van der Waals surface area (Å²) in [6.45, 7) is 4.06. The lowest BCUT2D eigenvalue weighted by Crippen LogP contribution is -2.00. The first kappa shape index (κ1) is 17.5. The first-order chi connectivity index (χ1) is 14.2. The maximum atomic E-state index is 11.9. The predicted molar refractivity (Wildman–Crippen MR) is 117 cm³/mol. The molecular formula is C26H20O3. The maximum absolute atomic E-state index is 11.9. The van der Waals surface area contributed by atoms with E-state index in [0.29, 0.717) is 5.58 Å². The van der Waals surface area contributed by atoms with E-state index in [0.717, 1.165) is 45.0 Å². The lowest BCUT2D eigenvalue weighted by Gasteiger charge is -2.07. The molecular weight excluding hydrogens is 360 g/mol. The van der Waals surface area contributed by atoms with Crippen molar-refractivity contribution in [3.05, 3.63) is 94.5 Å². The van der Waals surface area contributed by atoms with Gasteiger partial charge in [-0.2, -0.15) is 0 Å². The number of furan rings is 1. The minimum absolute atomic E-state index is 0.323. The third-order valence-corrected chi connectivity index (χ3v) is 5.51. The third kappa shape index (κ3) is 2.87. The van der Waals surface area contributed by atoms with Crippen molar-refractivity contribution in [2.75, 3.05) is 0 Å². The fraction of sp³-hybridized carbons (Fsp3) is 0.115. The minimum atomic E-state index is -0.323. The molecule has 142 valence electrons. The van der Waals surface area contributed by atoms with E-state index in [2.05, 4.69) is 36.4 Å². The Kier molecular flexibility index (Phi) is 4.09. The first-order valence-electron chi connectivity index (χ1n) is 9.79. The number of rotatable bonds is 3. The highest BCUT2D eigenvalue weighted by atomic mass is 16.4. The minimum Gasteiger partial charge on any atom is -0.463 e. The first-order valence-corrected chi connectivity index (χ1v) is 9.79. The van der Waals surface area contributed by atoms with Crippen molar-refractivity contribution in [3.8, 4) is 22.3 Å². The molecule has 0 bridgehead atoms. The summed E-state index contributed by atoms with van der Waals surface area (Å²) in [6.07, 6.45) is 2.54. The van der Waals surface area contributed by atoms with Crippen LogP contribution in [0.3, 0.4) is 0 Å².